The summed E-state index contributed by atoms with van der Waals surface area (Å²) < 4.78 is 3.22. The molecule has 1 aliphatic heterocycles. The van der Waals surface area contributed by atoms with Crippen molar-refractivity contribution < 1.29 is 4.79 Å². The topological polar surface area (TPSA) is 52.3 Å². The lowest BCUT2D eigenvalue weighted by Crippen LogP contribution is -2.49. The molecule has 1 aliphatic rings. The Hall–Kier alpha value is -3.30. The maximum absolute atomic E-state index is 13.1. The Morgan fingerprint density at radius 1 is 0.970 bits per heavy atom. The molecule has 2 aromatic carbocycles. The molecule has 1 aromatic heterocycles. The van der Waals surface area contributed by atoms with E-state index in [-0.39, 0.29) is 11.5 Å². The third-order valence-corrected chi connectivity index (χ3v) is 7.10. The van der Waals surface area contributed by atoms with Crippen LogP contribution in [0.1, 0.15) is 22.5 Å². The van der Waals surface area contributed by atoms with Crippen molar-refractivity contribution in [3.63, 3.8) is 0 Å². The maximum Gasteiger partial charge on any atom is 0.264 e. The first-order valence-electron chi connectivity index (χ1n) is 11.1. The summed E-state index contributed by atoms with van der Waals surface area (Å²) in [7, 11) is 0. The van der Waals surface area contributed by atoms with E-state index in [1.54, 1.807) is 11.0 Å². The fourth-order valence-corrected chi connectivity index (χ4v) is 4.62. The number of rotatable bonds is 4. The third-order valence-electron chi connectivity index (χ3n) is 6.21. The van der Waals surface area contributed by atoms with Crippen LogP contribution in [0.15, 0.2) is 64.6 Å². The molecule has 0 radical (unpaired) electrons. The quantitative estimate of drug-likeness (QED) is 0.353. The Bertz CT molecular complexity index is 1250. The first kappa shape index (κ1) is 22.9. The third kappa shape index (κ3) is 4.74. The number of halogens is 1. The van der Waals surface area contributed by atoms with Gasteiger partial charge in [0.1, 0.15) is 11.6 Å². The van der Waals surface area contributed by atoms with Gasteiger partial charge in [0.25, 0.3) is 5.91 Å². The zero-order valence-electron chi connectivity index (χ0n) is 19.2. The molecule has 33 heavy (non-hydrogen) atoms. The fraction of sp³-hybridized carbons (Fsp3) is 0.259. The summed E-state index contributed by atoms with van der Waals surface area (Å²) in [6, 6.07) is 20.6. The van der Waals surface area contributed by atoms with Gasteiger partial charge in [0.05, 0.1) is 0 Å². The average Bonchev–Trinajstić information content (AvgIpc) is 3.12. The summed E-state index contributed by atoms with van der Waals surface area (Å²) in [5.74, 6) is -0.200. The van der Waals surface area contributed by atoms with E-state index in [0.717, 1.165) is 51.5 Å². The number of hydrogen-bond acceptors (Lipinski definition) is 3. The number of anilines is 1. The lowest BCUT2D eigenvalue weighted by atomic mass is 10.1. The molecule has 3 aromatic rings. The highest BCUT2D eigenvalue weighted by atomic mass is 79.9. The molecule has 0 saturated carbocycles. The molecule has 6 heteroatoms. The van der Waals surface area contributed by atoms with E-state index in [1.807, 2.05) is 44.2 Å². The maximum atomic E-state index is 13.1. The molecule has 0 aliphatic carbocycles. The lowest BCUT2D eigenvalue weighted by Gasteiger charge is -2.36. The van der Waals surface area contributed by atoms with Crippen LogP contribution < -0.4 is 4.90 Å². The fourth-order valence-electron chi connectivity index (χ4n) is 4.37. The van der Waals surface area contributed by atoms with Gasteiger partial charge in [0.15, 0.2) is 0 Å². The molecule has 1 saturated heterocycles. The van der Waals surface area contributed by atoms with Crippen LogP contribution in [-0.4, -0.2) is 41.6 Å². The monoisotopic (exact) mass is 502 g/mol. The summed E-state index contributed by atoms with van der Waals surface area (Å²) in [5, 5.41) is 9.78. The zero-order chi connectivity index (χ0) is 23.5. The second kappa shape index (κ2) is 9.68. The predicted molar refractivity (Wildman–Crippen MR) is 137 cm³/mol. The molecule has 0 bridgehead atoms. The molecule has 0 spiro atoms. The number of hydrogen-bond donors (Lipinski definition) is 0. The lowest BCUT2D eigenvalue weighted by molar-refractivity contribution is -0.126. The molecule has 0 N–H and O–H groups in total. The van der Waals surface area contributed by atoms with Crippen molar-refractivity contribution in [3.05, 3.63) is 87.2 Å². The summed E-state index contributed by atoms with van der Waals surface area (Å²) in [4.78, 5) is 17.2. The van der Waals surface area contributed by atoms with Gasteiger partial charge in [-0.25, -0.2) is 0 Å². The number of para-hydroxylation sites is 1. The van der Waals surface area contributed by atoms with Crippen molar-refractivity contribution in [2.24, 2.45) is 0 Å². The Kier molecular flexibility index (Phi) is 6.71. The van der Waals surface area contributed by atoms with E-state index >= 15 is 0 Å². The number of aryl methyl sites for hydroxylation is 2. The van der Waals surface area contributed by atoms with Gasteiger partial charge in [0, 0.05) is 53.4 Å². The summed E-state index contributed by atoms with van der Waals surface area (Å²) in [6.07, 6.45) is 1.73. The van der Waals surface area contributed by atoms with Crippen LogP contribution in [0.3, 0.4) is 0 Å². The molecule has 168 valence electrons. The van der Waals surface area contributed by atoms with E-state index in [9.17, 15) is 10.1 Å². The van der Waals surface area contributed by atoms with Crippen LogP contribution in [-0.2, 0) is 4.79 Å². The molecule has 0 atom stereocenters. The van der Waals surface area contributed by atoms with E-state index in [2.05, 4.69) is 62.7 Å². The van der Waals surface area contributed by atoms with Crippen LogP contribution in [0, 0.1) is 32.1 Å². The summed E-state index contributed by atoms with van der Waals surface area (Å²) >= 11 is 3.56. The van der Waals surface area contributed by atoms with Crippen LogP contribution in [0.5, 0.6) is 0 Å². The molecule has 0 unspecified atom stereocenters. The van der Waals surface area contributed by atoms with Crippen LogP contribution >= 0.6 is 15.9 Å². The smallest absolute Gasteiger partial charge is 0.264 e. The minimum atomic E-state index is -0.200. The van der Waals surface area contributed by atoms with Crippen molar-refractivity contribution in [1.82, 2.24) is 9.47 Å². The van der Waals surface area contributed by atoms with E-state index in [0.29, 0.717) is 13.1 Å². The largest absolute Gasteiger partial charge is 0.368 e. The molecule has 4 rings (SSSR count). The number of aromatic nitrogens is 1. The number of carbonyl (C=O) groups excluding carboxylic acids is 1. The first-order valence-corrected chi connectivity index (χ1v) is 11.8. The normalized spacial score (nSPS) is 14.3. The van der Waals surface area contributed by atoms with Gasteiger partial charge in [-0.15, -0.1) is 0 Å². The van der Waals surface area contributed by atoms with Gasteiger partial charge in [-0.2, -0.15) is 5.26 Å². The number of nitrogens with zero attached hydrogens (tertiary/aromatic N) is 4. The van der Waals surface area contributed by atoms with Gasteiger partial charge in [-0.1, -0.05) is 34.1 Å². The van der Waals surface area contributed by atoms with Crippen molar-refractivity contribution >= 4 is 33.6 Å². The van der Waals surface area contributed by atoms with Crippen molar-refractivity contribution in [1.29, 1.82) is 5.26 Å². The minimum absolute atomic E-state index is 0.176. The van der Waals surface area contributed by atoms with Crippen LogP contribution in [0.25, 0.3) is 11.8 Å². The molecule has 5 nitrogen and oxygen atoms in total. The number of benzene rings is 2. The van der Waals surface area contributed by atoms with Crippen molar-refractivity contribution in [3.8, 4) is 11.8 Å². The summed E-state index contributed by atoms with van der Waals surface area (Å²) in [5.41, 5.74) is 6.50. The molecule has 1 amide bonds. The number of carbonyl (C=O) groups is 1. The van der Waals surface area contributed by atoms with Gasteiger partial charge in [-0.05, 0) is 74.4 Å². The van der Waals surface area contributed by atoms with Gasteiger partial charge < -0.3 is 14.4 Å². The van der Waals surface area contributed by atoms with Crippen molar-refractivity contribution in [2.75, 3.05) is 31.1 Å². The zero-order valence-corrected chi connectivity index (χ0v) is 20.8. The average molecular weight is 503 g/mol. The SMILES string of the molecule is Cc1cc(-n2c(C)cc(/C=C(/C#N)C(=O)N3CCN(c4ccccc4)CC3)c2C)ccc1Br. The van der Waals surface area contributed by atoms with Crippen LogP contribution in [0.2, 0.25) is 0 Å². The summed E-state index contributed by atoms with van der Waals surface area (Å²) in [6.45, 7) is 8.84. The Balaban J connectivity index is 1.54. The predicted octanol–water partition coefficient (Wildman–Crippen LogP) is 5.42. The second-order valence-electron chi connectivity index (χ2n) is 8.38. The van der Waals surface area contributed by atoms with Gasteiger partial charge >= 0.3 is 0 Å². The Morgan fingerprint density at radius 3 is 2.30 bits per heavy atom. The van der Waals surface area contributed by atoms with Gasteiger partial charge in [0.2, 0.25) is 0 Å². The number of piperazine rings is 1. The molecular weight excluding hydrogens is 476 g/mol. The molecular formula is C27H27BrN4O. The van der Waals surface area contributed by atoms with E-state index in [1.165, 1.54) is 0 Å². The molecule has 2 heterocycles. The standard InChI is InChI=1S/C27H27BrN4O/c1-19-15-25(9-10-26(19)28)32-20(2)16-22(21(32)3)17-23(18-29)27(33)31-13-11-30(12-14-31)24-7-5-4-6-8-24/h4-10,15-17H,11-14H2,1-3H3/b23-17-. The Morgan fingerprint density at radius 2 is 1.67 bits per heavy atom. The van der Waals surface area contributed by atoms with Gasteiger partial charge in [-0.3, -0.25) is 4.79 Å². The number of nitriles is 1. The Labute approximate surface area is 203 Å². The van der Waals surface area contributed by atoms with E-state index < -0.39 is 0 Å². The highest BCUT2D eigenvalue weighted by Gasteiger charge is 2.24. The first-order chi connectivity index (χ1) is 15.9. The number of amides is 1. The highest BCUT2D eigenvalue weighted by molar-refractivity contribution is 9.10. The van der Waals surface area contributed by atoms with E-state index in [4.69, 9.17) is 0 Å². The second-order valence-corrected chi connectivity index (χ2v) is 9.23. The highest BCUT2D eigenvalue weighted by Crippen LogP contribution is 2.26. The molecule has 1 fully saturated rings. The van der Waals surface area contributed by atoms with Crippen LogP contribution in [0.4, 0.5) is 5.69 Å². The minimum Gasteiger partial charge on any atom is -0.368 e. The van der Waals surface area contributed by atoms with Crippen molar-refractivity contribution in [2.45, 2.75) is 20.8 Å².